The van der Waals surface area contributed by atoms with Crippen LogP contribution in [0.1, 0.15) is 50.1 Å². The number of methoxy groups -OCH3 is 1. The van der Waals surface area contributed by atoms with Gasteiger partial charge >= 0.3 is 0 Å². The standard InChI is InChI=1S/C16H26N2O/c1-19-15-10-6-7-13(11-15)16(12-17)18-14-8-4-2-3-5-9-14/h6-7,10-11,14,16,18H,2-5,8-9,12,17H2,1H3. The summed E-state index contributed by atoms with van der Waals surface area (Å²) in [4.78, 5) is 0. The molecule has 1 aromatic rings. The predicted molar refractivity (Wildman–Crippen MR) is 79.4 cm³/mol. The Labute approximate surface area is 116 Å². The highest BCUT2D eigenvalue weighted by Crippen LogP contribution is 2.23. The zero-order chi connectivity index (χ0) is 13.5. The largest absolute Gasteiger partial charge is 0.497 e. The molecule has 0 spiro atoms. The lowest BCUT2D eigenvalue weighted by atomic mass is 10.0. The number of rotatable bonds is 5. The van der Waals surface area contributed by atoms with Gasteiger partial charge in [-0.1, -0.05) is 37.8 Å². The Morgan fingerprint density at radius 3 is 2.63 bits per heavy atom. The van der Waals surface area contributed by atoms with Gasteiger partial charge in [0.1, 0.15) is 5.75 Å². The fourth-order valence-electron chi connectivity index (χ4n) is 2.89. The Morgan fingerprint density at radius 1 is 1.26 bits per heavy atom. The van der Waals surface area contributed by atoms with E-state index in [0.717, 1.165) is 5.75 Å². The number of hydrogen-bond donors (Lipinski definition) is 2. The smallest absolute Gasteiger partial charge is 0.119 e. The highest BCUT2D eigenvalue weighted by Gasteiger charge is 2.17. The number of benzene rings is 1. The van der Waals surface area contributed by atoms with Crippen molar-refractivity contribution in [2.24, 2.45) is 5.73 Å². The summed E-state index contributed by atoms with van der Waals surface area (Å²) in [6.45, 7) is 0.629. The van der Waals surface area contributed by atoms with Crippen molar-refractivity contribution in [2.75, 3.05) is 13.7 Å². The van der Waals surface area contributed by atoms with E-state index in [1.54, 1.807) is 7.11 Å². The summed E-state index contributed by atoms with van der Waals surface area (Å²) in [7, 11) is 1.70. The summed E-state index contributed by atoms with van der Waals surface area (Å²) in [5, 5.41) is 3.73. The highest BCUT2D eigenvalue weighted by molar-refractivity contribution is 5.30. The second kappa shape index (κ2) is 7.51. The number of hydrogen-bond acceptors (Lipinski definition) is 3. The van der Waals surface area contributed by atoms with E-state index >= 15 is 0 Å². The van der Waals surface area contributed by atoms with Gasteiger partial charge in [-0.2, -0.15) is 0 Å². The highest BCUT2D eigenvalue weighted by atomic mass is 16.5. The number of nitrogens with two attached hydrogens (primary N) is 1. The van der Waals surface area contributed by atoms with E-state index in [-0.39, 0.29) is 6.04 Å². The molecule has 0 saturated heterocycles. The minimum atomic E-state index is 0.234. The Hall–Kier alpha value is -1.06. The molecule has 1 aromatic carbocycles. The van der Waals surface area contributed by atoms with Crippen molar-refractivity contribution in [3.63, 3.8) is 0 Å². The van der Waals surface area contributed by atoms with E-state index in [9.17, 15) is 0 Å². The lowest BCUT2D eigenvalue weighted by Gasteiger charge is -2.24. The van der Waals surface area contributed by atoms with Crippen molar-refractivity contribution in [3.8, 4) is 5.75 Å². The third-order valence-electron chi connectivity index (χ3n) is 4.02. The fourth-order valence-corrected chi connectivity index (χ4v) is 2.89. The van der Waals surface area contributed by atoms with E-state index in [0.29, 0.717) is 12.6 Å². The van der Waals surface area contributed by atoms with Gasteiger partial charge < -0.3 is 15.8 Å². The Morgan fingerprint density at radius 2 is 2.00 bits per heavy atom. The normalized spacial score (nSPS) is 18.8. The Kier molecular flexibility index (Phi) is 5.67. The topological polar surface area (TPSA) is 47.3 Å². The van der Waals surface area contributed by atoms with E-state index < -0.39 is 0 Å². The molecule has 0 aromatic heterocycles. The molecule has 19 heavy (non-hydrogen) atoms. The van der Waals surface area contributed by atoms with Crippen LogP contribution >= 0.6 is 0 Å². The van der Waals surface area contributed by atoms with Gasteiger partial charge in [0.05, 0.1) is 7.11 Å². The summed E-state index contributed by atoms with van der Waals surface area (Å²) < 4.78 is 5.29. The van der Waals surface area contributed by atoms with Crippen LogP contribution in [0.25, 0.3) is 0 Å². The van der Waals surface area contributed by atoms with Crippen LogP contribution in [0.4, 0.5) is 0 Å². The van der Waals surface area contributed by atoms with Crippen LogP contribution in [-0.4, -0.2) is 19.7 Å². The quantitative estimate of drug-likeness (QED) is 0.802. The first-order chi connectivity index (χ1) is 9.33. The first kappa shape index (κ1) is 14.4. The Balaban J connectivity index is 2.01. The summed E-state index contributed by atoms with van der Waals surface area (Å²) in [6.07, 6.45) is 8.00. The molecule has 0 heterocycles. The molecule has 0 aliphatic heterocycles. The van der Waals surface area contributed by atoms with Crippen LogP contribution in [0.2, 0.25) is 0 Å². The molecule has 106 valence electrons. The molecule has 1 fully saturated rings. The van der Waals surface area contributed by atoms with Crippen molar-refractivity contribution in [3.05, 3.63) is 29.8 Å². The number of ether oxygens (including phenoxy) is 1. The minimum Gasteiger partial charge on any atom is -0.497 e. The van der Waals surface area contributed by atoms with Gasteiger partial charge in [0.2, 0.25) is 0 Å². The Bertz CT molecular complexity index is 373. The molecular weight excluding hydrogens is 236 g/mol. The second-order valence-electron chi connectivity index (χ2n) is 5.42. The van der Waals surface area contributed by atoms with Crippen molar-refractivity contribution in [1.82, 2.24) is 5.32 Å². The second-order valence-corrected chi connectivity index (χ2v) is 5.42. The average Bonchev–Trinajstić information content (AvgIpc) is 2.73. The molecule has 1 saturated carbocycles. The lowest BCUT2D eigenvalue weighted by Crippen LogP contribution is -2.36. The zero-order valence-electron chi connectivity index (χ0n) is 11.9. The van der Waals surface area contributed by atoms with Crippen LogP contribution < -0.4 is 15.8 Å². The van der Waals surface area contributed by atoms with Crippen molar-refractivity contribution in [2.45, 2.75) is 50.6 Å². The summed E-state index contributed by atoms with van der Waals surface area (Å²) in [5.74, 6) is 0.901. The van der Waals surface area contributed by atoms with E-state index in [2.05, 4.69) is 17.4 Å². The van der Waals surface area contributed by atoms with Gasteiger partial charge in [-0.3, -0.25) is 0 Å². The first-order valence-electron chi connectivity index (χ1n) is 7.43. The van der Waals surface area contributed by atoms with E-state index in [4.69, 9.17) is 10.5 Å². The maximum atomic E-state index is 5.95. The maximum absolute atomic E-state index is 5.95. The van der Waals surface area contributed by atoms with Gasteiger partial charge in [-0.15, -0.1) is 0 Å². The molecule has 0 radical (unpaired) electrons. The summed E-state index contributed by atoms with van der Waals surface area (Å²) in [6, 6.07) is 9.07. The molecule has 3 N–H and O–H groups in total. The van der Waals surface area contributed by atoms with Gasteiger partial charge in [-0.25, -0.2) is 0 Å². The van der Waals surface area contributed by atoms with Gasteiger partial charge in [-0.05, 0) is 30.5 Å². The molecule has 1 aliphatic rings. The van der Waals surface area contributed by atoms with E-state index in [1.807, 2.05) is 12.1 Å². The van der Waals surface area contributed by atoms with Crippen molar-refractivity contribution >= 4 is 0 Å². The number of nitrogens with one attached hydrogen (secondary N) is 1. The molecular formula is C16H26N2O. The van der Waals surface area contributed by atoms with Gasteiger partial charge in [0, 0.05) is 18.6 Å². The molecule has 1 unspecified atom stereocenters. The monoisotopic (exact) mass is 262 g/mol. The van der Waals surface area contributed by atoms with Crippen molar-refractivity contribution < 1.29 is 4.74 Å². The molecule has 3 nitrogen and oxygen atoms in total. The zero-order valence-corrected chi connectivity index (χ0v) is 11.9. The van der Waals surface area contributed by atoms with Crippen LogP contribution in [0, 0.1) is 0 Å². The fraction of sp³-hybridized carbons (Fsp3) is 0.625. The van der Waals surface area contributed by atoms with Crippen LogP contribution in [0.3, 0.4) is 0 Å². The van der Waals surface area contributed by atoms with E-state index in [1.165, 1.54) is 44.1 Å². The predicted octanol–water partition coefficient (Wildman–Crippen LogP) is 3.01. The van der Waals surface area contributed by atoms with Crippen molar-refractivity contribution in [1.29, 1.82) is 0 Å². The van der Waals surface area contributed by atoms with Crippen LogP contribution in [-0.2, 0) is 0 Å². The molecule has 2 rings (SSSR count). The summed E-state index contributed by atoms with van der Waals surface area (Å²) in [5.41, 5.74) is 7.18. The minimum absolute atomic E-state index is 0.234. The molecule has 1 aliphatic carbocycles. The lowest BCUT2D eigenvalue weighted by molar-refractivity contribution is 0.396. The maximum Gasteiger partial charge on any atom is 0.119 e. The van der Waals surface area contributed by atoms with Gasteiger partial charge in [0.15, 0.2) is 0 Å². The first-order valence-corrected chi connectivity index (χ1v) is 7.43. The molecule has 3 heteroatoms. The molecule has 0 amide bonds. The van der Waals surface area contributed by atoms with Crippen LogP contribution in [0.5, 0.6) is 5.75 Å². The molecule has 1 atom stereocenters. The third-order valence-corrected chi connectivity index (χ3v) is 4.02. The van der Waals surface area contributed by atoms with Gasteiger partial charge in [0.25, 0.3) is 0 Å². The summed E-state index contributed by atoms with van der Waals surface area (Å²) >= 11 is 0. The third kappa shape index (κ3) is 4.22. The van der Waals surface area contributed by atoms with Crippen LogP contribution in [0.15, 0.2) is 24.3 Å². The average molecular weight is 262 g/mol. The molecule has 0 bridgehead atoms. The SMILES string of the molecule is COc1cccc(C(CN)NC2CCCCCC2)c1.